The van der Waals surface area contributed by atoms with Crippen molar-refractivity contribution in [1.29, 1.82) is 0 Å². The summed E-state index contributed by atoms with van der Waals surface area (Å²) in [7, 11) is -7.44. The number of likely N-dealkylation sites (tertiary alicyclic amines) is 1. The van der Waals surface area contributed by atoms with Gasteiger partial charge in [0, 0.05) is 18.1 Å². The normalized spacial score (nSPS) is 17.6. The number of nitrogens with zero attached hydrogens (tertiary/aromatic N) is 1. The fraction of sp³-hybridized carbons (Fsp3) is 0.278. The zero-order chi connectivity index (χ0) is 20.4. The van der Waals surface area contributed by atoms with Crippen molar-refractivity contribution in [2.45, 2.75) is 21.5 Å². The number of carbonyl (C=O) groups is 1. The van der Waals surface area contributed by atoms with Gasteiger partial charge in [-0.05, 0) is 36.8 Å². The molecule has 2 aromatic rings. The van der Waals surface area contributed by atoms with E-state index in [1.807, 2.05) is 0 Å². The Hall–Kier alpha value is -1.94. The van der Waals surface area contributed by atoms with Crippen LogP contribution in [0, 0.1) is 0 Å². The number of sulfonamides is 1. The lowest BCUT2D eigenvalue weighted by atomic mass is 10.4. The Morgan fingerprint density at radius 1 is 1.04 bits per heavy atom. The van der Waals surface area contributed by atoms with Gasteiger partial charge in [-0.3, -0.25) is 4.79 Å². The maximum atomic E-state index is 12.7. The molecule has 1 saturated heterocycles. The summed E-state index contributed by atoms with van der Waals surface area (Å²) in [5, 5.41) is -0.439. The molecule has 1 heterocycles. The first-order valence-electron chi connectivity index (χ1n) is 8.52. The van der Waals surface area contributed by atoms with Crippen LogP contribution in [-0.2, 0) is 24.7 Å². The second kappa shape index (κ2) is 8.20. The molecule has 150 valence electrons. The van der Waals surface area contributed by atoms with E-state index in [-0.39, 0.29) is 27.9 Å². The Kier molecular flexibility index (Phi) is 6.09. The fourth-order valence-electron chi connectivity index (χ4n) is 3.00. The number of halogens is 1. The van der Waals surface area contributed by atoms with E-state index in [2.05, 4.69) is 4.72 Å². The van der Waals surface area contributed by atoms with Gasteiger partial charge >= 0.3 is 0 Å². The van der Waals surface area contributed by atoms with E-state index < -0.39 is 37.6 Å². The average Bonchev–Trinajstić information content (AvgIpc) is 3.18. The predicted octanol–water partition coefficient (Wildman–Crippen LogP) is 1.69. The summed E-state index contributed by atoms with van der Waals surface area (Å²) in [6.45, 7) is -0.156. The third kappa shape index (κ3) is 4.54. The molecule has 0 saturated carbocycles. The van der Waals surface area contributed by atoms with Crippen molar-refractivity contribution in [3.8, 4) is 0 Å². The molecule has 28 heavy (non-hydrogen) atoms. The Morgan fingerprint density at radius 2 is 1.71 bits per heavy atom. The van der Waals surface area contributed by atoms with Gasteiger partial charge in [-0.25, -0.2) is 21.6 Å². The van der Waals surface area contributed by atoms with Crippen LogP contribution in [0.25, 0.3) is 0 Å². The molecule has 1 N–H and O–H groups in total. The summed E-state index contributed by atoms with van der Waals surface area (Å²) in [6.07, 6.45) is 0.310. The Morgan fingerprint density at radius 3 is 2.39 bits per heavy atom. The summed E-state index contributed by atoms with van der Waals surface area (Å²) in [6, 6.07) is 13.8. The highest BCUT2D eigenvalue weighted by Crippen LogP contribution is 2.24. The molecule has 1 aliphatic rings. The minimum Gasteiger partial charge on any atom is -0.340 e. The second-order valence-electron chi connectivity index (χ2n) is 6.39. The van der Waals surface area contributed by atoms with Gasteiger partial charge in [-0.15, -0.1) is 0 Å². The molecular weight excluding hydrogens is 424 g/mol. The minimum atomic E-state index is -3.89. The van der Waals surface area contributed by atoms with Crippen LogP contribution >= 0.6 is 11.6 Å². The van der Waals surface area contributed by atoms with Crippen molar-refractivity contribution in [3.05, 3.63) is 59.6 Å². The Balaban J connectivity index is 1.62. The summed E-state index contributed by atoms with van der Waals surface area (Å²) < 4.78 is 52.1. The molecule has 0 aromatic heterocycles. The molecule has 10 heteroatoms. The molecule has 1 aliphatic heterocycles. The summed E-state index contributed by atoms with van der Waals surface area (Å²) in [4.78, 5) is 13.9. The third-order valence-corrected chi connectivity index (χ3v) is 8.35. The van der Waals surface area contributed by atoms with Gasteiger partial charge in [-0.1, -0.05) is 35.9 Å². The zero-order valence-corrected chi connectivity index (χ0v) is 17.2. The number of hydrogen-bond donors (Lipinski definition) is 1. The highest BCUT2D eigenvalue weighted by Gasteiger charge is 2.36. The maximum Gasteiger partial charge on any atom is 0.241 e. The third-order valence-electron chi connectivity index (χ3n) is 4.53. The van der Waals surface area contributed by atoms with Crippen LogP contribution in [-0.4, -0.2) is 52.5 Å². The van der Waals surface area contributed by atoms with Crippen molar-refractivity contribution < 1.29 is 21.6 Å². The van der Waals surface area contributed by atoms with E-state index in [0.29, 0.717) is 6.42 Å². The van der Waals surface area contributed by atoms with E-state index in [9.17, 15) is 21.6 Å². The van der Waals surface area contributed by atoms with Crippen molar-refractivity contribution in [2.24, 2.45) is 0 Å². The standard InChI is InChI=1S/C18H19ClN2O5S2/c19-14-5-4-8-16(11-14)28(25,26)20-12-18(22)21-10-9-17(13-21)27(23,24)15-6-2-1-3-7-15/h1-8,11,17,20H,9-10,12-13H2. The van der Waals surface area contributed by atoms with Gasteiger partial charge < -0.3 is 4.90 Å². The number of rotatable bonds is 6. The van der Waals surface area contributed by atoms with Crippen LogP contribution in [0.4, 0.5) is 0 Å². The number of sulfone groups is 1. The van der Waals surface area contributed by atoms with Gasteiger partial charge in [-0.2, -0.15) is 0 Å². The quantitative estimate of drug-likeness (QED) is 0.733. The van der Waals surface area contributed by atoms with Crippen molar-refractivity contribution in [3.63, 3.8) is 0 Å². The van der Waals surface area contributed by atoms with Crippen molar-refractivity contribution >= 4 is 37.4 Å². The van der Waals surface area contributed by atoms with Crippen molar-refractivity contribution in [2.75, 3.05) is 19.6 Å². The SMILES string of the molecule is O=C(CNS(=O)(=O)c1cccc(Cl)c1)N1CCC(S(=O)(=O)c2ccccc2)C1. The van der Waals surface area contributed by atoms with Gasteiger partial charge in [0.05, 0.1) is 21.6 Å². The molecule has 3 rings (SSSR count). The molecule has 0 aliphatic carbocycles. The summed E-state index contributed by atoms with van der Waals surface area (Å²) in [5.41, 5.74) is 0. The summed E-state index contributed by atoms with van der Waals surface area (Å²) >= 11 is 5.80. The number of nitrogens with one attached hydrogen (secondary N) is 1. The highest BCUT2D eigenvalue weighted by atomic mass is 35.5. The number of hydrogen-bond acceptors (Lipinski definition) is 5. The van der Waals surface area contributed by atoms with Crippen molar-refractivity contribution in [1.82, 2.24) is 9.62 Å². The van der Waals surface area contributed by atoms with Gasteiger partial charge in [0.2, 0.25) is 15.9 Å². The number of amides is 1. The zero-order valence-electron chi connectivity index (χ0n) is 14.8. The molecule has 1 amide bonds. The van der Waals surface area contributed by atoms with Crippen LogP contribution in [0.15, 0.2) is 64.4 Å². The van der Waals surface area contributed by atoms with E-state index in [0.717, 1.165) is 0 Å². The monoisotopic (exact) mass is 442 g/mol. The van der Waals surface area contributed by atoms with Crippen LogP contribution in [0.2, 0.25) is 5.02 Å². The Bertz CT molecular complexity index is 1070. The van der Waals surface area contributed by atoms with Crippen LogP contribution in [0.3, 0.4) is 0 Å². The fourth-order valence-corrected chi connectivity index (χ4v) is 5.98. The molecule has 1 atom stereocenters. The summed E-state index contributed by atoms with van der Waals surface area (Å²) in [5.74, 6) is -0.476. The average molecular weight is 443 g/mol. The molecule has 1 unspecified atom stereocenters. The number of carbonyl (C=O) groups excluding carboxylic acids is 1. The first-order chi connectivity index (χ1) is 13.2. The van der Waals surface area contributed by atoms with E-state index >= 15 is 0 Å². The molecule has 0 spiro atoms. The van der Waals surface area contributed by atoms with E-state index in [1.165, 1.54) is 35.2 Å². The largest absolute Gasteiger partial charge is 0.340 e. The lowest BCUT2D eigenvalue weighted by Crippen LogP contribution is -2.40. The van der Waals surface area contributed by atoms with E-state index in [4.69, 9.17) is 11.6 Å². The molecule has 7 nitrogen and oxygen atoms in total. The van der Waals surface area contributed by atoms with Crippen LogP contribution < -0.4 is 4.72 Å². The van der Waals surface area contributed by atoms with Crippen LogP contribution in [0.1, 0.15) is 6.42 Å². The maximum absolute atomic E-state index is 12.7. The van der Waals surface area contributed by atoms with E-state index in [1.54, 1.807) is 24.3 Å². The first kappa shape index (κ1) is 20.8. The lowest BCUT2D eigenvalue weighted by molar-refractivity contribution is -0.128. The smallest absolute Gasteiger partial charge is 0.241 e. The lowest BCUT2D eigenvalue weighted by Gasteiger charge is -2.17. The van der Waals surface area contributed by atoms with Gasteiger partial charge in [0.1, 0.15) is 0 Å². The van der Waals surface area contributed by atoms with Crippen LogP contribution in [0.5, 0.6) is 0 Å². The van der Waals surface area contributed by atoms with Gasteiger partial charge in [0.25, 0.3) is 0 Å². The first-order valence-corrected chi connectivity index (χ1v) is 11.9. The number of benzene rings is 2. The highest BCUT2D eigenvalue weighted by molar-refractivity contribution is 7.92. The molecule has 1 fully saturated rings. The second-order valence-corrected chi connectivity index (χ2v) is 10.8. The molecule has 2 aromatic carbocycles. The molecule has 0 bridgehead atoms. The van der Waals surface area contributed by atoms with Gasteiger partial charge in [0.15, 0.2) is 9.84 Å². The predicted molar refractivity (Wildman–Crippen MR) is 105 cm³/mol. The topological polar surface area (TPSA) is 101 Å². The molecule has 0 radical (unpaired) electrons. The molecular formula is C18H19ClN2O5S2. The minimum absolute atomic E-state index is 0.0367. The Labute approximate surface area is 169 Å².